The van der Waals surface area contributed by atoms with Gasteiger partial charge in [-0.05, 0) is 62.6 Å². The van der Waals surface area contributed by atoms with Crippen molar-refractivity contribution in [1.29, 1.82) is 0 Å². The number of hydrogen-bond donors (Lipinski definition) is 0. The van der Waals surface area contributed by atoms with E-state index in [0.717, 1.165) is 25.4 Å². The van der Waals surface area contributed by atoms with Gasteiger partial charge in [-0.3, -0.25) is 0 Å². The van der Waals surface area contributed by atoms with E-state index in [1.165, 1.54) is 5.56 Å². The predicted octanol–water partition coefficient (Wildman–Crippen LogP) is 3.91. The Balaban J connectivity index is 1.61. The van der Waals surface area contributed by atoms with Gasteiger partial charge < -0.3 is 18.8 Å². The number of methoxy groups -OCH3 is 1. The second-order valence-corrected chi connectivity index (χ2v) is 8.44. The molecule has 1 saturated carbocycles. The van der Waals surface area contributed by atoms with Crippen molar-refractivity contribution < 1.29 is 18.8 Å². The maximum absolute atomic E-state index is 6.52. The number of ether oxygens (including phenoxy) is 2. The van der Waals surface area contributed by atoms with Gasteiger partial charge in [0.2, 0.25) is 0 Å². The first-order chi connectivity index (χ1) is 11.9. The molecule has 4 nitrogen and oxygen atoms in total. The summed E-state index contributed by atoms with van der Waals surface area (Å²) in [5.74, 6) is 2.79. The lowest BCUT2D eigenvalue weighted by molar-refractivity contribution is -0.0119. The highest BCUT2D eigenvalue weighted by Gasteiger charge is 2.65. The standard InChI is InChI=1S/C20H29BO4/c1-6-20(4)19(2,3)24-21(25-20)18-16-12-23-11-15(16)17(18)13-7-9-14(22-5)10-8-13/h7-10,15-18H,6,11-12H2,1-5H3/t15-,16+,17+,18-,20+/m1/s1. The zero-order valence-electron chi connectivity index (χ0n) is 16.0. The van der Waals surface area contributed by atoms with Crippen molar-refractivity contribution in [3.05, 3.63) is 29.8 Å². The van der Waals surface area contributed by atoms with Crippen molar-refractivity contribution >= 4 is 7.12 Å². The van der Waals surface area contributed by atoms with Crippen molar-refractivity contribution in [2.24, 2.45) is 11.8 Å². The van der Waals surface area contributed by atoms with Gasteiger partial charge in [-0.1, -0.05) is 19.1 Å². The minimum atomic E-state index is -0.276. The molecule has 4 rings (SSSR count). The number of benzene rings is 1. The van der Waals surface area contributed by atoms with E-state index < -0.39 is 0 Å². The van der Waals surface area contributed by atoms with E-state index >= 15 is 0 Å². The van der Waals surface area contributed by atoms with Gasteiger partial charge in [-0.2, -0.15) is 0 Å². The molecule has 2 heterocycles. The monoisotopic (exact) mass is 344 g/mol. The largest absolute Gasteiger partial charge is 0.497 e. The Morgan fingerprint density at radius 3 is 2.36 bits per heavy atom. The first-order valence-corrected chi connectivity index (χ1v) is 9.47. The zero-order valence-corrected chi connectivity index (χ0v) is 16.0. The molecule has 1 aliphatic carbocycles. The lowest BCUT2D eigenvalue weighted by atomic mass is 9.43. The zero-order chi connectivity index (χ0) is 17.8. The van der Waals surface area contributed by atoms with Crippen LogP contribution in [0.2, 0.25) is 5.82 Å². The molecule has 0 spiro atoms. The third kappa shape index (κ3) is 2.55. The summed E-state index contributed by atoms with van der Waals surface area (Å²) in [4.78, 5) is 0. The molecule has 0 N–H and O–H groups in total. The van der Waals surface area contributed by atoms with Crippen LogP contribution in [0.1, 0.15) is 45.6 Å². The molecule has 2 aliphatic heterocycles. The molecule has 0 aromatic heterocycles. The fraction of sp³-hybridized carbons (Fsp3) is 0.700. The van der Waals surface area contributed by atoms with E-state index in [-0.39, 0.29) is 18.3 Å². The van der Waals surface area contributed by atoms with E-state index in [1.807, 2.05) is 12.1 Å². The molecule has 0 radical (unpaired) electrons. The Bertz CT molecular complexity index is 631. The summed E-state index contributed by atoms with van der Waals surface area (Å²) < 4.78 is 24.1. The summed E-state index contributed by atoms with van der Waals surface area (Å²) in [5, 5.41) is 0. The average Bonchev–Trinajstić information content (AvgIpc) is 3.08. The van der Waals surface area contributed by atoms with E-state index in [0.29, 0.717) is 23.6 Å². The first-order valence-electron chi connectivity index (χ1n) is 9.47. The van der Waals surface area contributed by atoms with Crippen molar-refractivity contribution in [2.45, 2.75) is 57.1 Å². The smallest absolute Gasteiger partial charge is 0.462 e. The van der Waals surface area contributed by atoms with E-state index in [4.69, 9.17) is 18.8 Å². The highest BCUT2D eigenvalue weighted by atomic mass is 16.7. The molecular weight excluding hydrogens is 315 g/mol. The van der Waals surface area contributed by atoms with Crippen LogP contribution >= 0.6 is 0 Å². The van der Waals surface area contributed by atoms with Gasteiger partial charge in [0.15, 0.2) is 0 Å². The molecule has 1 aromatic rings. The maximum atomic E-state index is 6.52. The van der Waals surface area contributed by atoms with E-state index in [1.54, 1.807) is 7.11 Å². The van der Waals surface area contributed by atoms with Crippen LogP contribution in [0.3, 0.4) is 0 Å². The summed E-state index contributed by atoms with van der Waals surface area (Å²) in [7, 11) is 1.55. The van der Waals surface area contributed by atoms with Crippen LogP contribution in [-0.2, 0) is 14.0 Å². The lowest BCUT2D eigenvalue weighted by Crippen LogP contribution is -2.49. The Kier molecular flexibility index (Phi) is 4.17. The Labute approximate surface area is 151 Å². The van der Waals surface area contributed by atoms with E-state index in [9.17, 15) is 0 Å². The molecule has 0 bridgehead atoms. The normalized spacial score (nSPS) is 39.2. The third-order valence-electron chi connectivity index (χ3n) is 7.09. The summed E-state index contributed by atoms with van der Waals surface area (Å²) in [6.07, 6.45) is 0.945. The second kappa shape index (κ2) is 6.00. The van der Waals surface area contributed by atoms with Gasteiger partial charge >= 0.3 is 7.12 Å². The minimum absolute atomic E-state index is 0.157. The average molecular weight is 344 g/mol. The van der Waals surface area contributed by atoms with Crippen LogP contribution in [0.15, 0.2) is 24.3 Å². The highest BCUT2D eigenvalue weighted by molar-refractivity contribution is 6.48. The van der Waals surface area contributed by atoms with Crippen molar-refractivity contribution in [3.63, 3.8) is 0 Å². The molecule has 5 heteroatoms. The van der Waals surface area contributed by atoms with Crippen LogP contribution in [0, 0.1) is 11.8 Å². The Morgan fingerprint density at radius 1 is 1.08 bits per heavy atom. The quantitative estimate of drug-likeness (QED) is 0.776. The molecule has 136 valence electrons. The molecule has 2 saturated heterocycles. The first kappa shape index (κ1) is 17.4. The van der Waals surface area contributed by atoms with Gasteiger partial charge in [0.25, 0.3) is 0 Å². The van der Waals surface area contributed by atoms with Crippen molar-refractivity contribution in [1.82, 2.24) is 0 Å². The molecule has 5 atom stereocenters. The van der Waals surface area contributed by atoms with Crippen LogP contribution < -0.4 is 4.74 Å². The second-order valence-electron chi connectivity index (χ2n) is 8.44. The summed E-state index contributed by atoms with van der Waals surface area (Å²) in [5.41, 5.74) is 0.821. The van der Waals surface area contributed by atoms with E-state index in [2.05, 4.69) is 39.8 Å². The molecule has 25 heavy (non-hydrogen) atoms. The van der Waals surface area contributed by atoms with Crippen LogP contribution in [0.4, 0.5) is 0 Å². The van der Waals surface area contributed by atoms with Gasteiger partial charge in [-0.15, -0.1) is 0 Å². The van der Waals surface area contributed by atoms with Gasteiger partial charge in [-0.25, -0.2) is 0 Å². The maximum Gasteiger partial charge on any atom is 0.462 e. The molecular formula is C20H29BO4. The molecule has 3 aliphatic rings. The fourth-order valence-electron chi connectivity index (χ4n) is 4.93. The lowest BCUT2D eigenvalue weighted by Gasteiger charge is -2.48. The molecule has 3 fully saturated rings. The molecule has 0 unspecified atom stereocenters. The molecule has 1 aromatic carbocycles. The Hall–Kier alpha value is -1.04. The highest BCUT2D eigenvalue weighted by Crippen LogP contribution is 2.62. The summed E-state index contributed by atoms with van der Waals surface area (Å²) in [6.45, 7) is 10.3. The van der Waals surface area contributed by atoms with Crippen LogP contribution in [0.5, 0.6) is 5.75 Å². The fourth-order valence-corrected chi connectivity index (χ4v) is 4.93. The van der Waals surface area contributed by atoms with Crippen LogP contribution in [-0.4, -0.2) is 38.6 Å². The predicted molar refractivity (Wildman–Crippen MR) is 98.0 cm³/mol. The van der Waals surface area contributed by atoms with Gasteiger partial charge in [0.1, 0.15) is 5.75 Å². The topological polar surface area (TPSA) is 36.9 Å². The van der Waals surface area contributed by atoms with Gasteiger partial charge in [0, 0.05) is 12.4 Å². The SMILES string of the molecule is CC[C@]1(C)OB([C@@H]2[C@H]3COC[C@H]3[C@@H]2c2ccc(OC)cc2)OC1(C)C. The third-order valence-corrected chi connectivity index (χ3v) is 7.09. The molecule has 0 amide bonds. The number of rotatable bonds is 4. The van der Waals surface area contributed by atoms with Gasteiger partial charge in [0.05, 0.1) is 24.9 Å². The number of fused-ring (bicyclic) bond motifs is 1. The van der Waals surface area contributed by atoms with Crippen molar-refractivity contribution in [3.8, 4) is 5.75 Å². The summed E-state index contributed by atoms with van der Waals surface area (Å²) >= 11 is 0. The minimum Gasteiger partial charge on any atom is -0.497 e. The summed E-state index contributed by atoms with van der Waals surface area (Å²) in [6, 6.07) is 8.46. The van der Waals surface area contributed by atoms with Crippen LogP contribution in [0.25, 0.3) is 0 Å². The Morgan fingerprint density at radius 2 is 1.76 bits per heavy atom. The number of hydrogen-bond acceptors (Lipinski definition) is 4. The van der Waals surface area contributed by atoms with Crippen molar-refractivity contribution in [2.75, 3.05) is 20.3 Å².